The molecule has 25 heavy (non-hydrogen) atoms. The molecule has 0 radical (unpaired) electrons. The van der Waals surface area contributed by atoms with Gasteiger partial charge in [-0.05, 0) is 44.9 Å². The maximum absolute atomic E-state index is 12.5. The smallest absolute Gasteiger partial charge is 0.255 e. The van der Waals surface area contributed by atoms with Crippen LogP contribution in [0.4, 0.5) is 0 Å². The quantitative estimate of drug-likeness (QED) is 0.825. The minimum Gasteiger partial charge on any atom is -0.491 e. The summed E-state index contributed by atoms with van der Waals surface area (Å²) in [5.74, 6) is 1.04. The molecule has 0 spiro atoms. The number of ether oxygens (including phenoxy) is 2. The second kappa shape index (κ2) is 9.20. The van der Waals surface area contributed by atoms with Gasteiger partial charge in [-0.25, -0.2) is 0 Å². The first-order chi connectivity index (χ1) is 12.2. The van der Waals surface area contributed by atoms with Crippen LogP contribution in [-0.2, 0) is 4.74 Å². The highest BCUT2D eigenvalue weighted by Gasteiger charge is 2.20. The van der Waals surface area contributed by atoms with Crippen LogP contribution in [0.5, 0.6) is 5.75 Å². The maximum atomic E-state index is 12.5. The predicted molar refractivity (Wildman–Crippen MR) is 98.1 cm³/mol. The average molecular weight is 346 g/mol. The standard InChI is InChI=1S/C20H30N2O3/c1-16-6-4-5-10-22(16)11-13-25-19-8-3-2-7-18(19)20(23)21-14-17-9-12-24-15-17/h2-3,7-8,16-17H,4-6,9-15H2,1H3,(H,21,23)/t16-,17-/m1/s1. The zero-order valence-corrected chi connectivity index (χ0v) is 15.2. The molecule has 0 unspecified atom stereocenters. The second-order valence-corrected chi connectivity index (χ2v) is 7.17. The van der Waals surface area contributed by atoms with Crippen LogP contribution in [0.15, 0.2) is 24.3 Å². The van der Waals surface area contributed by atoms with Gasteiger partial charge >= 0.3 is 0 Å². The highest BCUT2D eigenvalue weighted by Crippen LogP contribution is 2.20. The average Bonchev–Trinajstić information content (AvgIpc) is 3.15. The first kappa shape index (κ1) is 18.2. The van der Waals surface area contributed by atoms with Gasteiger partial charge in [0.2, 0.25) is 0 Å². The van der Waals surface area contributed by atoms with Gasteiger partial charge in [0.25, 0.3) is 5.91 Å². The van der Waals surface area contributed by atoms with E-state index in [9.17, 15) is 4.79 Å². The molecule has 138 valence electrons. The Labute approximate surface area is 150 Å². The molecule has 0 aromatic heterocycles. The molecule has 2 fully saturated rings. The SMILES string of the molecule is C[C@@H]1CCCCN1CCOc1ccccc1C(=O)NC[C@H]1CCOC1. The van der Waals surface area contributed by atoms with Gasteiger partial charge in [-0.2, -0.15) is 0 Å². The van der Waals surface area contributed by atoms with Crippen LogP contribution in [0.3, 0.4) is 0 Å². The summed E-state index contributed by atoms with van der Waals surface area (Å²) in [5.41, 5.74) is 0.619. The van der Waals surface area contributed by atoms with Gasteiger partial charge in [-0.15, -0.1) is 0 Å². The van der Waals surface area contributed by atoms with Crippen molar-refractivity contribution in [3.05, 3.63) is 29.8 Å². The molecule has 2 atom stereocenters. The normalized spacial score (nSPS) is 24.2. The molecule has 0 bridgehead atoms. The topological polar surface area (TPSA) is 50.8 Å². The summed E-state index contributed by atoms with van der Waals surface area (Å²) in [7, 11) is 0. The molecule has 2 heterocycles. The third-order valence-electron chi connectivity index (χ3n) is 5.28. The summed E-state index contributed by atoms with van der Waals surface area (Å²) in [6, 6.07) is 8.14. The molecule has 1 N–H and O–H groups in total. The van der Waals surface area contributed by atoms with Crippen LogP contribution in [0, 0.1) is 5.92 Å². The van der Waals surface area contributed by atoms with Crippen molar-refractivity contribution in [2.45, 2.75) is 38.6 Å². The van der Waals surface area contributed by atoms with Crippen molar-refractivity contribution in [3.8, 4) is 5.75 Å². The lowest BCUT2D eigenvalue weighted by molar-refractivity contribution is 0.0937. The van der Waals surface area contributed by atoms with E-state index in [4.69, 9.17) is 9.47 Å². The number of amides is 1. The Bertz CT molecular complexity index is 558. The first-order valence-electron chi connectivity index (χ1n) is 9.56. The first-order valence-corrected chi connectivity index (χ1v) is 9.56. The van der Waals surface area contributed by atoms with Gasteiger partial charge in [0, 0.05) is 31.7 Å². The molecule has 3 rings (SSSR count). The van der Waals surface area contributed by atoms with E-state index in [1.165, 1.54) is 19.3 Å². The Kier molecular flexibility index (Phi) is 6.70. The zero-order chi connectivity index (χ0) is 17.5. The minimum atomic E-state index is -0.0613. The molecule has 1 amide bonds. The van der Waals surface area contributed by atoms with E-state index in [1.807, 2.05) is 24.3 Å². The van der Waals surface area contributed by atoms with Crippen LogP contribution >= 0.6 is 0 Å². The third-order valence-corrected chi connectivity index (χ3v) is 5.28. The summed E-state index contributed by atoms with van der Waals surface area (Å²) in [6.07, 6.45) is 4.89. The van der Waals surface area contributed by atoms with E-state index in [0.29, 0.717) is 36.4 Å². The lowest BCUT2D eigenvalue weighted by Gasteiger charge is -2.33. The molecule has 2 saturated heterocycles. The monoisotopic (exact) mass is 346 g/mol. The van der Waals surface area contributed by atoms with Crippen LogP contribution in [0.1, 0.15) is 43.0 Å². The molecule has 0 aliphatic carbocycles. The summed E-state index contributed by atoms with van der Waals surface area (Å²) >= 11 is 0. The van der Waals surface area contributed by atoms with Crippen LogP contribution < -0.4 is 10.1 Å². The Morgan fingerprint density at radius 2 is 2.20 bits per heavy atom. The number of rotatable bonds is 7. The van der Waals surface area contributed by atoms with Gasteiger partial charge in [0.15, 0.2) is 0 Å². The fraction of sp³-hybridized carbons (Fsp3) is 0.650. The van der Waals surface area contributed by atoms with E-state index in [-0.39, 0.29) is 5.91 Å². The number of para-hydroxylation sites is 1. The number of likely N-dealkylation sites (tertiary alicyclic amines) is 1. The summed E-state index contributed by atoms with van der Waals surface area (Å²) < 4.78 is 11.3. The molecular formula is C20H30N2O3. The molecule has 5 heteroatoms. The van der Waals surface area contributed by atoms with Crippen molar-refractivity contribution in [2.75, 3.05) is 39.5 Å². The molecule has 2 aliphatic heterocycles. The van der Waals surface area contributed by atoms with Crippen molar-refractivity contribution >= 4 is 5.91 Å². The van der Waals surface area contributed by atoms with Crippen molar-refractivity contribution in [1.29, 1.82) is 0 Å². The van der Waals surface area contributed by atoms with E-state index in [1.54, 1.807) is 0 Å². The van der Waals surface area contributed by atoms with Gasteiger partial charge in [-0.3, -0.25) is 9.69 Å². The van der Waals surface area contributed by atoms with Crippen LogP contribution in [0.25, 0.3) is 0 Å². The zero-order valence-electron chi connectivity index (χ0n) is 15.2. The van der Waals surface area contributed by atoms with Gasteiger partial charge < -0.3 is 14.8 Å². The molecule has 1 aromatic rings. The van der Waals surface area contributed by atoms with Crippen molar-refractivity contribution in [2.24, 2.45) is 5.92 Å². The highest BCUT2D eigenvalue weighted by molar-refractivity contribution is 5.96. The van der Waals surface area contributed by atoms with Crippen LogP contribution in [0.2, 0.25) is 0 Å². The van der Waals surface area contributed by atoms with E-state index < -0.39 is 0 Å². The summed E-state index contributed by atoms with van der Waals surface area (Å²) in [6.45, 7) is 7.17. The number of carbonyl (C=O) groups excluding carboxylic acids is 1. The Morgan fingerprint density at radius 3 is 3.00 bits per heavy atom. The Balaban J connectivity index is 1.50. The lowest BCUT2D eigenvalue weighted by Crippen LogP contribution is -2.40. The number of carbonyl (C=O) groups is 1. The number of hydrogen-bond donors (Lipinski definition) is 1. The molecular weight excluding hydrogens is 316 g/mol. The van der Waals surface area contributed by atoms with E-state index in [2.05, 4.69) is 17.1 Å². The summed E-state index contributed by atoms with van der Waals surface area (Å²) in [4.78, 5) is 15.0. The minimum absolute atomic E-state index is 0.0613. The number of nitrogens with one attached hydrogen (secondary N) is 1. The van der Waals surface area contributed by atoms with Gasteiger partial charge in [-0.1, -0.05) is 18.6 Å². The number of hydrogen-bond acceptors (Lipinski definition) is 4. The molecule has 0 saturated carbocycles. The third kappa shape index (κ3) is 5.19. The number of piperidine rings is 1. The van der Waals surface area contributed by atoms with E-state index >= 15 is 0 Å². The molecule has 5 nitrogen and oxygen atoms in total. The lowest BCUT2D eigenvalue weighted by atomic mass is 10.0. The molecule has 2 aliphatic rings. The highest BCUT2D eigenvalue weighted by atomic mass is 16.5. The van der Waals surface area contributed by atoms with Gasteiger partial charge in [0.05, 0.1) is 12.2 Å². The Morgan fingerprint density at radius 1 is 1.32 bits per heavy atom. The van der Waals surface area contributed by atoms with Gasteiger partial charge in [0.1, 0.15) is 12.4 Å². The Hall–Kier alpha value is -1.59. The maximum Gasteiger partial charge on any atom is 0.255 e. The van der Waals surface area contributed by atoms with Crippen molar-refractivity contribution in [1.82, 2.24) is 10.2 Å². The van der Waals surface area contributed by atoms with Crippen molar-refractivity contribution in [3.63, 3.8) is 0 Å². The molecule has 1 aromatic carbocycles. The van der Waals surface area contributed by atoms with Crippen molar-refractivity contribution < 1.29 is 14.3 Å². The number of benzene rings is 1. The largest absolute Gasteiger partial charge is 0.491 e. The predicted octanol–water partition coefficient (Wildman–Crippen LogP) is 2.71. The number of nitrogens with zero attached hydrogens (tertiary/aromatic N) is 1. The van der Waals surface area contributed by atoms with Crippen LogP contribution in [-0.4, -0.2) is 56.3 Å². The fourth-order valence-corrected chi connectivity index (χ4v) is 3.62. The second-order valence-electron chi connectivity index (χ2n) is 7.17. The van der Waals surface area contributed by atoms with E-state index in [0.717, 1.165) is 32.7 Å². The summed E-state index contributed by atoms with van der Waals surface area (Å²) in [5, 5.41) is 3.02. The fourth-order valence-electron chi connectivity index (χ4n) is 3.62.